The average Bonchev–Trinajstić information content (AvgIpc) is 2.34. The van der Waals surface area contributed by atoms with Gasteiger partial charge in [-0.25, -0.2) is 0 Å². The van der Waals surface area contributed by atoms with Gasteiger partial charge in [-0.2, -0.15) is 0 Å². The number of carbonyl (C=O) groups is 1. The summed E-state index contributed by atoms with van der Waals surface area (Å²) < 4.78 is 0. The number of nitrogens with two attached hydrogens (primary N) is 1. The third-order valence-corrected chi connectivity index (χ3v) is 3.55. The maximum Gasteiger partial charge on any atom is 0.222 e. The average molecular weight is 290 g/mol. The minimum atomic E-state index is -0.0828. The van der Waals surface area contributed by atoms with Gasteiger partial charge in [-0.3, -0.25) is 4.79 Å². The molecular formula is C18H30N2O. The molecule has 0 aromatic heterocycles. The van der Waals surface area contributed by atoms with Crippen LogP contribution in [0.5, 0.6) is 0 Å². The van der Waals surface area contributed by atoms with Crippen LogP contribution in [0.2, 0.25) is 0 Å². The molecule has 0 saturated heterocycles. The number of amides is 1. The van der Waals surface area contributed by atoms with Crippen molar-refractivity contribution in [3.8, 4) is 0 Å². The van der Waals surface area contributed by atoms with Crippen LogP contribution in [0, 0.1) is 12.3 Å². The number of aryl methyl sites for hydroxylation is 1. The first-order valence-electron chi connectivity index (χ1n) is 7.83. The molecule has 3 N–H and O–H groups in total. The summed E-state index contributed by atoms with van der Waals surface area (Å²) in [6.45, 7) is 10.6. The standard InChI is InChI=1S/C18H30N2O/c1-6-16(14-9-7-13(2)8-10-14)20-17(21)11-15(19)12-18(3,4)5/h7-10,15-16H,6,11-12,19H2,1-5H3,(H,20,21). The Labute approximate surface area is 129 Å². The molecule has 0 aliphatic heterocycles. The van der Waals surface area contributed by atoms with Gasteiger partial charge in [0, 0.05) is 12.5 Å². The van der Waals surface area contributed by atoms with Crippen molar-refractivity contribution < 1.29 is 4.79 Å². The van der Waals surface area contributed by atoms with Crippen LogP contribution in [0.15, 0.2) is 24.3 Å². The van der Waals surface area contributed by atoms with Crippen LogP contribution in [0.1, 0.15) is 64.1 Å². The maximum absolute atomic E-state index is 12.2. The third-order valence-electron chi connectivity index (χ3n) is 3.55. The molecule has 0 radical (unpaired) electrons. The summed E-state index contributed by atoms with van der Waals surface area (Å²) in [5.41, 5.74) is 8.61. The predicted octanol–water partition coefficient (Wildman–Crippen LogP) is 3.72. The van der Waals surface area contributed by atoms with E-state index in [2.05, 4.69) is 64.2 Å². The number of carbonyl (C=O) groups excluding carboxylic acids is 1. The SMILES string of the molecule is CCC(NC(=O)CC(N)CC(C)(C)C)c1ccc(C)cc1. The highest BCUT2D eigenvalue weighted by atomic mass is 16.1. The van der Waals surface area contributed by atoms with Crippen molar-refractivity contribution in [2.24, 2.45) is 11.1 Å². The highest BCUT2D eigenvalue weighted by Crippen LogP contribution is 2.22. The second-order valence-electron chi connectivity index (χ2n) is 7.17. The van der Waals surface area contributed by atoms with Gasteiger partial charge in [-0.1, -0.05) is 57.5 Å². The summed E-state index contributed by atoms with van der Waals surface area (Å²) in [6.07, 6.45) is 2.12. The van der Waals surface area contributed by atoms with Crippen molar-refractivity contribution >= 4 is 5.91 Å². The first-order chi connectivity index (χ1) is 9.71. The Hall–Kier alpha value is -1.35. The molecule has 1 aromatic rings. The fourth-order valence-corrected chi connectivity index (χ4v) is 2.57. The fraction of sp³-hybridized carbons (Fsp3) is 0.611. The van der Waals surface area contributed by atoms with Crippen LogP contribution in [-0.2, 0) is 4.79 Å². The zero-order valence-electron chi connectivity index (χ0n) is 14.1. The zero-order valence-corrected chi connectivity index (χ0v) is 14.1. The minimum absolute atomic E-state index is 0.0409. The van der Waals surface area contributed by atoms with Crippen LogP contribution < -0.4 is 11.1 Å². The highest BCUT2D eigenvalue weighted by molar-refractivity contribution is 5.77. The largest absolute Gasteiger partial charge is 0.349 e. The van der Waals surface area contributed by atoms with Gasteiger partial charge in [-0.15, -0.1) is 0 Å². The van der Waals surface area contributed by atoms with Crippen molar-refractivity contribution in [3.05, 3.63) is 35.4 Å². The smallest absolute Gasteiger partial charge is 0.222 e. The van der Waals surface area contributed by atoms with E-state index in [9.17, 15) is 4.79 Å². The summed E-state index contributed by atoms with van der Waals surface area (Å²) in [4.78, 5) is 12.2. The normalized spacial score (nSPS) is 14.6. The van der Waals surface area contributed by atoms with Gasteiger partial charge in [0.05, 0.1) is 6.04 Å². The highest BCUT2D eigenvalue weighted by Gasteiger charge is 2.19. The van der Waals surface area contributed by atoms with Crippen molar-refractivity contribution in [2.75, 3.05) is 0 Å². The fourth-order valence-electron chi connectivity index (χ4n) is 2.57. The van der Waals surface area contributed by atoms with Gasteiger partial charge in [0.25, 0.3) is 0 Å². The van der Waals surface area contributed by atoms with E-state index in [1.165, 1.54) is 5.56 Å². The Balaban J connectivity index is 2.57. The van der Waals surface area contributed by atoms with Crippen LogP contribution in [0.3, 0.4) is 0 Å². The molecular weight excluding hydrogens is 260 g/mol. The summed E-state index contributed by atoms with van der Waals surface area (Å²) in [5, 5.41) is 3.10. The van der Waals surface area contributed by atoms with E-state index in [1.807, 2.05) is 0 Å². The minimum Gasteiger partial charge on any atom is -0.349 e. The monoisotopic (exact) mass is 290 g/mol. The number of nitrogens with one attached hydrogen (secondary N) is 1. The number of benzene rings is 1. The molecule has 0 heterocycles. The first kappa shape index (κ1) is 17.7. The molecule has 3 heteroatoms. The second kappa shape index (κ2) is 7.60. The third kappa shape index (κ3) is 6.76. The molecule has 1 amide bonds. The Kier molecular flexibility index (Phi) is 6.41. The Morgan fingerprint density at radius 2 is 1.81 bits per heavy atom. The lowest BCUT2D eigenvalue weighted by atomic mass is 9.87. The van der Waals surface area contributed by atoms with Crippen LogP contribution >= 0.6 is 0 Å². The van der Waals surface area contributed by atoms with Gasteiger partial charge in [-0.05, 0) is 30.7 Å². The lowest BCUT2D eigenvalue weighted by Gasteiger charge is -2.24. The van der Waals surface area contributed by atoms with E-state index in [0.29, 0.717) is 6.42 Å². The van der Waals surface area contributed by atoms with Gasteiger partial charge < -0.3 is 11.1 Å². The molecule has 2 unspecified atom stereocenters. The summed E-state index contributed by atoms with van der Waals surface area (Å²) in [7, 11) is 0. The molecule has 0 aliphatic rings. The van der Waals surface area contributed by atoms with Crippen molar-refractivity contribution in [3.63, 3.8) is 0 Å². The van der Waals surface area contributed by atoms with Gasteiger partial charge >= 0.3 is 0 Å². The van der Waals surface area contributed by atoms with Gasteiger partial charge in [0.2, 0.25) is 5.91 Å². The molecule has 0 bridgehead atoms. The van der Waals surface area contributed by atoms with Crippen molar-refractivity contribution in [1.29, 1.82) is 0 Å². The Morgan fingerprint density at radius 1 is 1.24 bits per heavy atom. The maximum atomic E-state index is 12.2. The molecule has 1 aromatic carbocycles. The first-order valence-corrected chi connectivity index (χ1v) is 7.83. The van der Waals surface area contributed by atoms with E-state index in [-0.39, 0.29) is 23.4 Å². The van der Waals surface area contributed by atoms with E-state index < -0.39 is 0 Å². The van der Waals surface area contributed by atoms with Gasteiger partial charge in [0.1, 0.15) is 0 Å². The molecule has 0 aliphatic carbocycles. The molecule has 0 spiro atoms. The van der Waals surface area contributed by atoms with E-state index in [0.717, 1.165) is 18.4 Å². The van der Waals surface area contributed by atoms with E-state index in [1.54, 1.807) is 0 Å². The molecule has 1 rings (SSSR count). The number of hydrogen-bond donors (Lipinski definition) is 2. The molecule has 0 saturated carbocycles. The quantitative estimate of drug-likeness (QED) is 0.839. The summed E-state index contributed by atoms with van der Waals surface area (Å²) >= 11 is 0. The summed E-state index contributed by atoms with van der Waals surface area (Å²) in [6, 6.07) is 8.31. The molecule has 2 atom stereocenters. The molecule has 118 valence electrons. The van der Waals surface area contributed by atoms with Crippen LogP contribution in [0.4, 0.5) is 0 Å². The lowest BCUT2D eigenvalue weighted by Crippen LogP contribution is -2.35. The topological polar surface area (TPSA) is 55.1 Å². The molecule has 3 nitrogen and oxygen atoms in total. The molecule has 0 fully saturated rings. The number of rotatable bonds is 6. The lowest BCUT2D eigenvalue weighted by molar-refractivity contribution is -0.122. The second-order valence-corrected chi connectivity index (χ2v) is 7.17. The van der Waals surface area contributed by atoms with Gasteiger partial charge in [0.15, 0.2) is 0 Å². The van der Waals surface area contributed by atoms with Crippen molar-refractivity contribution in [1.82, 2.24) is 5.32 Å². The van der Waals surface area contributed by atoms with Crippen LogP contribution in [0.25, 0.3) is 0 Å². The van der Waals surface area contributed by atoms with E-state index >= 15 is 0 Å². The van der Waals surface area contributed by atoms with Crippen molar-refractivity contribution in [2.45, 2.75) is 66.0 Å². The summed E-state index contributed by atoms with van der Waals surface area (Å²) in [5.74, 6) is 0.0409. The number of hydrogen-bond acceptors (Lipinski definition) is 2. The Morgan fingerprint density at radius 3 is 2.29 bits per heavy atom. The zero-order chi connectivity index (χ0) is 16.0. The van der Waals surface area contributed by atoms with E-state index in [4.69, 9.17) is 5.73 Å². The van der Waals surface area contributed by atoms with Crippen LogP contribution in [-0.4, -0.2) is 11.9 Å². The Bertz CT molecular complexity index is 445. The predicted molar refractivity (Wildman–Crippen MR) is 89.0 cm³/mol. The molecule has 21 heavy (non-hydrogen) atoms.